The molecule has 1 aromatic heterocycles. The van der Waals surface area contributed by atoms with E-state index in [-0.39, 0.29) is 11.7 Å². The van der Waals surface area contributed by atoms with Crippen molar-refractivity contribution in [2.75, 3.05) is 31.1 Å². The largest absolute Gasteiger partial charge is 0.361 e. The first-order chi connectivity index (χ1) is 14.4. The van der Waals surface area contributed by atoms with Gasteiger partial charge in [-0.1, -0.05) is 24.3 Å². The van der Waals surface area contributed by atoms with Gasteiger partial charge in [-0.25, -0.2) is 4.39 Å². The molecule has 0 radical (unpaired) electrons. The van der Waals surface area contributed by atoms with Crippen LogP contribution < -0.4 is 4.90 Å². The first kappa shape index (κ1) is 19.1. The Kier molecular flexibility index (Phi) is 4.51. The van der Waals surface area contributed by atoms with Crippen LogP contribution in [0.3, 0.4) is 0 Å². The Labute approximate surface area is 176 Å². The van der Waals surface area contributed by atoms with Crippen LogP contribution in [0, 0.1) is 5.82 Å². The van der Waals surface area contributed by atoms with E-state index in [9.17, 15) is 9.18 Å². The number of aromatic amines is 1. The Morgan fingerprint density at radius 3 is 2.77 bits per heavy atom. The molecular weight excluding hydrogens is 377 g/mol. The minimum atomic E-state index is -0.462. The van der Waals surface area contributed by atoms with E-state index < -0.39 is 5.41 Å². The molecule has 0 aliphatic carbocycles. The van der Waals surface area contributed by atoms with E-state index in [1.165, 1.54) is 11.6 Å². The zero-order valence-corrected chi connectivity index (χ0v) is 17.4. The summed E-state index contributed by atoms with van der Waals surface area (Å²) in [5, 5.41) is 0.941. The third-order valence-electron chi connectivity index (χ3n) is 6.57. The van der Waals surface area contributed by atoms with E-state index in [4.69, 9.17) is 0 Å². The minimum Gasteiger partial charge on any atom is -0.361 e. The highest BCUT2D eigenvalue weighted by Gasteiger charge is 2.43. The van der Waals surface area contributed by atoms with Crippen LogP contribution >= 0.6 is 0 Å². The van der Waals surface area contributed by atoms with E-state index in [2.05, 4.69) is 22.0 Å². The molecule has 154 valence electrons. The van der Waals surface area contributed by atoms with E-state index >= 15 is 0 Å². The quantitative estimate of drug-likeness (QED) is 0.685. The summed E-state index contributed by atoms with van der Waals surface area (Å²) in [6.07, 6.45) is 5.13. The number of nitrogens with zero attached hydrogens (tertiary/aromatic N) is 2. The maximum Gasteiger partial charge on any atom is 0.237 e. The van der Waals surface area contributed by atoms with Crippen LogP contribution in [-0.4, -0.2) is 42.0 Å². The number of halogens is 1. The van der Waals surface area contributed by atoms with E-state index in [0.29, 0.717) is 6.54 Å². The lowest BCUT2D eigenvalue weighted by Gasteiger charge is -2.29. The summed E-state index contributed by atoms with van der Waals surface area (Å²) in [5.74, 6) is -0.0300. The van der Waals surface area contributed by atoms with Gasteiger partial charge in [0.2, 0.25) is 5.91 Å². The van der Waals surface area contributed by atoms with Crippen molar-refractivity contribution in [1.82, 2.24) is 9.88 Å². The molecule has 0 saturated carbocycles. The van der Waals surface area contributed by atoms with Crippen molar-refractivity contribution in [3.8, 4) is 0 Å². The highest BCUT2D eigenvalue weighted by molar-refractivity contribution is 6.07. The molecule has 0 bridgehead atoms. The van der Waals surface area contributed by atoms with Crippen molar-refractivity contribution >= 4 is 28.1 Å². The molecule has 2 aliphatic heterocycles. The minimum absolute atomic E-state index is 0.178. The van der Waals surface area contributed by atoms with Crippen molar-refractivity contribution in [2.24, 2.45) is 0 Å². The maximum atomic E-state index is 13.7. The highest BCUT2D eigenvalue weighted by atomic mass is 19.1. The number of carbonyl (C=O) groups excluding carboxylic acids is 1. The molecule has 30 heavy (non-hydrogen) atoms. The maximum absolute atomic E-state index is 13.7. The molecule has 0 fully saturated rings. The SMILES string of the molecule is CC1(C)C(=O)N(CCN2CC=C(c3c[nH]c4ccc(F)cc34)CC2)c2ccccc21. The average Bonchev–Trinajstić information content (AvgIpc) is 3.24. The summed E-state index contributed by atoms with van der Waals surface area (Å²) in [7, 11) is 0. The van der Waals surface area contributed by atoms with E-state index in [1.807, 2.05) is 43.1 Å². The highest BCUT2D eigenvalue weighted by Crippen LogP contribution is 2.41. The third kappa shape index (κ3) is 3.05. The van der Waals surface area contributed by atoms with E-state index in [1.54, 1.807) is 12.1 Å². The first-order valence-electron chi connectivity index (χ1n) is 10.5. The standard InChI is InChI=1S/C25H26FN3O/c1-25(2)21-5-3-4-6-23(21)29(24(25)30)14-13-28-11-9-17(10-12-28)20-16-27-22-8-7-18(26)15-19(20)22/h3-9,15-16,27H,10-14H2,1-2H3. The monoisotopic (exact) mass is 403 g/mol. The van der Waals surface area contributed by atoms with Gasteiger partial charge in [0.05, 0.1) is 5.41 Å². The number of H-pyrrole nitrogens is 1. The van der Waals surface area contributed by atoms with Gasteiger partial charge in [0.15, 0.2) is 0 Å². The number of hydrogen-bond donors (Lipinski definition) is 1. The summed E-state index contributed by atoms with van der Waals surface area (Å²) >= 11 is 0. The number of nitrogens with one attached hydrogen (secondary N) is 1. The second-order valence-electron chi connectivity index (χ2n) is 8.77. The molecule has 0 saturated heterocycles. The Morgan fingerprint density at radius 2 is 1.97 bits per heavy atom. The van der Waals surface area contributed by atoms with Gasteiger partial charge >= 0.3 is 0 Å². The normalized spacial score (nSPS) is 18.7. The molecule has 0 unspecified atom stereocenters. The van der Waals surface area contributed by atoms with Gasteiger partial charge in [-0.15, -0.1) is 0 Å². The summed E-state index contributed by atoms with van der Waals surface area (Å²) in [6.45, 7) is 7.32. The Morgan fingerprint density at radius 1 is 1.13 bits per heavy atom. The number of benzene rings is 2. The molecule has 0 atom stereocenters. The van der Waals surface area contributed by atoms with Crippen LogP contribution in [0.4, 0.5) is 10.1 Å². The zero-order chi connectivity index (χ0) is 20.9. The van der Waals surface area contributed by atoms with Crippen molar-refractivity contribution < 1.29 is 9.18 Å². The number of carbonyl (C=O) groups is 1. The number of aromatic nitrogens is 1. The fourth-order valence-corrected chi connectivity index (χ4v) is 4.78. The van der Waals surface area contributed by atoms with Gasteiger partial charge in [-0.2, -0.15) is 0 Å². The predicted molar refractivity (Wildman–Crippen MR) is 119 cm³/mol. The van der Waals surface area contributed by atoms with Crippen molar-refractivity contribution in [1.29, 1.82) is 0 Å². The fourth-order valence-electron chi connectivity index (χ4n) is 4.78. The Bertz CT molecular complexity index is 1160. The second kappa shape index (κ2) is 7.10. The smallest absolute Gasteiger partial charge is 0.237 e. The van der Waals surface area contributed by atoms with Crippen LogP contribution in [0.2, 0.25) is 0 Å². The summed E-state index contributed by atoms with van der Waals surface area (Å²) in [6, 6.07) is 13.0. The molecule has 2 aromatic carbocycles. The van der Waals surface area contributed by atoms with Crippen molar-refractivity contribution in [3.63, 3.8) is 0 Å². The molecule has 3 aromatic rings. The van der Waals surface area contributed by atoms with Crippen molar-refractivity contribution in [2.45, 2.75) is 25.7 Å². The topological polar surface area (TPSA) is 39.3 Å². The van der Waals surface area contributed by atoms with Gasteiger partial charge in [-0.3, -0.25) is 9.69 Å². The molecule has 1 amide bonds. The van der Waals surface area contributed by atoms with Gasteiger partial charge in [0.25, 0.3) is 0 Å². The predicted octanol–water partition coefficient (Wildman–Crippen LogP) is 4.72. The Hall–Kier alpha value is -2.92. The zero-order valence-electron chi connectivity index (χ0n) is 17.4. The molecular formula is C25H26FN3O. The molecule has 5 heteroatoms. The van der Waals surface area contributed by atoms with Gasteiger partial charge < -0.3 is 9.88 Å². The molecule has 5 rings (SSSR count). The number of hydrogen-bond acceptors (Lipinski definition) is 2. The van der Waals surface area contributed by atoms with Gasteiger partial charge in [0, 0.05) is 54.5 Å². The number of fused-ring (bicyclic) bond motifs is 2. The van der Waals surface area contributed by atoms with E-state index in [0.717, 1.165) is 53.8 Å². The van der Waals surface area contributed by atoms with Crippen LogP contribution in [0.1, 0.15) is 31.4 Å². The molecule has 0 spiro atoms. The lowest BCUT2D eigenvalue weighted by Crippen LogP contribution is -2.42. The van der Waals surface area contributed by atoms with Crippen LogP contribution in [0.25, 0.3) is 16.5 Å². The summed E-state index contributed by atoms with van der Waals surface area (Å²) in [5.41, 5.74) is 5.00. The second-order valence-corrected chi connectivity index (χ2v) is 8.77. The van der Waals surface area contributed by atoms with Crippen LogP contribution in [0.15, 0.2) is 54.7 Å². The summed E-state index contributed by atoms with van der Waals surface area (Å²) < 4.78 is 13.7. The van der Waals surface area contributed by atoms with Gasteiger partial charge in [-0.05, 0) is 55.7 Å². The number of amides is 1. The Balaban J connectivity index is 1.28. The third-order valence-corrected chi connectivity index (χ3v) is 6.57. The number of para-hydroxylation sites is 1. The fraction of sp³-hybridized carbons (Fsp3) is 0.320. The molecule has 3 heterocycles. The summed E-state index contributed by atoms with van der Waals surface area (Å²) in [4.78, 5) is 20.5. The first-order valence-corrected chi connectivity index (χ1v) is 10.5. The van der Waals surface area contributed by atoms with Crippen molar-refractivity contribution in [3.05, 3.63) is 71.7 Å². The molecule has 2 aliphatic rings. The number of rotatable bonds is 4. The van der Waals surface area contributed by atoms with Crippen LogP contribution in [-0.2, 0) is 10.2 Å². The molecule has 4 nitrogen and oxygen atoms in total. The number of anilines is 1. The van der Waals surface area contributed by atoms with Crippen LogP contribution in [0.5, 0.6) is 0 Å². The lowest BCUT2D eigenvalue weighted by molar-refractivity contribution is -0.122. The lowest BCUT2D eigenvalue weighted by atomic mass is 9.86. The molecule has 1 N–H and O–H groups in total. The average molecular weight is 404 g/mol. The van der Waals surface area contributed by atoms with Gasteiger partial charge in [0.1, 0.15) is 5.82 Å².